The molecule has 28 heavy (non-hydrogen) atoms. The molecule has 5 nitrogen and oxygen atoms in total. The highest BCUT2D eigenvalue weighted by Crippen LogP contribution is 2.35. The van der Waals surface area contributed by atoms with E-state index in [2.05, 4.69) is 10.0 Å². The zero-order valence-corrected chi connectivity index (χ0v) is 18.1. The molecule has 0 aliphatic carbocycles. The Kier molecular flexibility index (Phi) is 6.73. The molecule has 150 valence electrons. The summed E-state index contributed by atoms with van der Waals surface area (Å²) in [5.74, 6) is 0.777. The molecule has 0 spiro atoms. The number of benzene rings is 2. The zero-order valence-electron chi connectivity index (χ0n) is 14.9. The van der Waals surface area contributed by atoms with Crippen molar-refractivity contribution in [1.29, 1.82) is 0 Å². The topological polar surface area (TPSA) is 67.4 Å². The van der Waals surface area contributed by atoms with Gasteiger partial charge in [-0.1, -0.05) is 35.9 Å². The largest absolute Gasteiger partial charge is 0.490 e. The van der Waals surface area contributed by atoms with Crippen LogP contribution in [0, 0.1) is 0 Å². The fourth-order valence-electron chi connectivity index (χ4n) is 3.19. The van der Waals surface area contributed by atoms with Crippen molar-refractivity contribution in [3.8, 4) is 5.75 Å². The second-order valence-electron chi connectivity index (χ2n) is 6.39. The van der Waals surface area contributed by atoms with Crippen molar-refractivity contribution >= 4 is 61.8 Å². The molecule has 1 aliphatic heterocycles. The number of fused-ring (bicyclic) bond motifs is 1. The summed E-state index contributed by atoms with van der Waals surface area (Å²) >= 11 is 6.91. The maximum atomic E-state index is 12.7. The number of anilines is 1. The lowest BCUT2D eigenvalue weighted by molar-refractivity contribution is 0.164. The molecule has 2 heterocycles. The Bertz CT molecular complexity index is 1060. The van der Waals surface area contributed by atoms with Crippen molar-refractivity contribution < 1.29 is 13.2 Å². The van der Waals surface area contributed by atoms with Crippen molar-refractivity contribution in [3.63, 3.8) is 0 Å². The Morgan fingerprint density at radius 2 is 1.75 bits per heavy atom. The van der Waals surface area contributed by atoms with E-state index in [1.807, 2.05) is 30.3 Å². The van der Waals surface area contributed by atoms with Gasteiger partial charge in [-0.05, 0) is 50.2 Å². The van der Waals surface area contributed by atoms with E-state index in [-0.39, 0.29) is 22.7 Å². The Balaban J connectivity index is 0.00000225. The first-order chi connectivity index (χ1) is 13.0. The molecule has 1 saturated heterocycles. The monoisotopic (exact) mass is 458 g/mol. The fourth-order valence-corrected chi connectivity index (χ4v) is 5.76. The van der Waals surface area contributed by atoms with Gasteiger partial charge in [-0.15, -0.1) is 23.7 Å². The van der Waals surface area contributed by atoms with E-state index in [9.17, 15) is 8.42 Å². The molecular formula is C19H20Cl2N2O3S2. The molecule has 0 radical (unpaired) electrons. The van der Waals surface area contributed by atoms with Crippen molar-refractivity contribution in [2.75, 3.05) is 17.8 Å². The Hall–Kier alpha value is -1.51. The van der Waals surface area contributed by atoms with Crippen LogP contribution in [0.3, 0.4) is 0 Å². The Morgan fingerprint density at radius 3 is 2.43 bits per heavy atom. The average molecular weight is 459 g/mol. The summed E-state index contributed by atoms with van der Waals surface area (Å²) < 4.78 is 34.8. The first-order valence-corrected chi connectivity index (χ1v) is 11.4. The van der Waals surface area contributed by atoms with E-state index in [0.29, 0.717) is 10.0 Å². The summed E-state index contributed by atoms with van der Waals surface area (Å²) in [4.78, 5) is 0. The van der Waals surface area contributed by atoms with E-state index < -0.39 is 10.0 Å². The number of sulfonamides is 1. The van der Waals surface area contributed by atoms with Gasteiger partial charge in [0, 0.05) is 10.8 Å². The Labute approximate surface area is 179 Å². The van der Waals surface area contributed by atoms with Crippen LogP contribution >= 0.6 is 35.3 Å². The van der Waals surface area contributed by atoms with Crippen LogP contribution in [-0.2, 0) is 10.0 Å². The smallest absolute Gasteiger partial charge is 0.271 e. The van der Waals surface area contributed by atoms with Crippen LogP contribution in [0.25, 0.3) is 10.8 Å². The standard InChI is InChI=1S/C19H19ClN2O3S2.ClH/c20-18-7-8-19(26-18)27(23,24)22-16-5-6-17(15-4-2-1-3-14(15)16)25-13-9-11-21-12-10-13;/h1-8,13,21-22H,9-12H2;1H. The number of thiophene rings is 1. The van der Waals surface area contributed by atoms with Gasteiger partial charge in [0.15, 0.2) is 0 Å². The number of piperidine rings is 1. The van der Waals surface area contributed by atoms with Gasteiger partial charge in [-0.2, -0.15) is 0 Å². The molecule has 2 N–H and O–H groups in total. The van der Waals surface area contributed by atoms with Gasteiger partial charge >= 0.3 is 0 Å². The first kappa shape index (κ1) is 21.2. The molecule has 0 saturated carbocycles. The second-order valence-corrected chi connectivity index (χ2v) is 10.0. The number of rotatable bonds is 5. The number of hydrogen-bond acceptors (Lipinski definition) is 5. The van der Waals surface area contributed by atoms with Crippen LogP contribution < -0.4 is 14.8 Å². The summed E-state index contributed by atoms with van der Waals surface area (Å²) in [7, 11) is -3.69. The number of nitrogens with one attached hydrogen (secondary N) is 2. The normalized spacial score (nSPS) is 15.2. The highest BCUT2D eigenvalue weighted by Gasteiger charge is 2.20. The highest BCUT2D eigenvalue weighted by atomic mass is 35.5. The summed E-state index contributed by atoms with van der Waals surface area (Å²) in [6, 6.07) is 14.3. The van der Waals surface area contributed by atoms with Gasteiger partial charge in [0.05, 0.1) is 10.0 Å². The minimum atomic E-state index is -3.69. The zero-order chi connectivity index (χ0) is 18.9. The molecule has 1 aromatic heterocycles. The molecule has 9 heteroatoms. The van der Waals surface area contributed by atoms with Gasteiger partial charge in [0.25, 0.3) is 10.0 Å². The van der Waals surface area contributed by atoms with Crippen LogP contribution in [0.1, 0.15) is 12.8 Å². The summed E-state index contributed by atoms with van der Waals surface area (Å²) in [6.07, 6.45) is 2.09. The van der Waals surface area contributed by atoms with Crippen LogP contribution in [0.5, 0.6) is 5.75 Å². The van der Waals surface area contributed by atoms with Gasteiger partial charge in [0.2, 0.25) is 0 Å². The first-order valence-electron chi connectivity index (χ1n) is 8.70. The van der Waals surface area contributed by atoms with Crippen LogP contribution in [0.2, 0.25) is 4.34 Å². The fraction of sp³-hybridized carbons (Fsp3) is 0.263. The van der Waals surface area contributed by atoms with E-state index in [1.54, 1.807) is 12.1 Å². The van der Waals surface area contributed by atoms with Gasteiger partial charge in [0.1, 0.15) is 16.1 Å². The number of hydrogen-bond donors (Lipinski definition) is 2. The predicted octanol–water partition coefficient (Wildman–Crippen LogP) is 4.91. The van der Waals surface area contributed by atoms with Crippen molar-refractivity contribution in [3.05, 3.63) is 52.9 Å². The lowest BCUT2D eigenvalue weighted by Gasteiger charge is -2.25. The molecule has 0 bridgehead atoms. The molecule has 0 amide bonds. The minimum absolute atomic E-state index is 0. The minimum Gasteiger partial charge on any atom is -0.490 e. The molecular weight excluding hydrogens is 439 g/mol. The van der Waals surface area contributed by atoms with Crippen LogP contribution in [0.4, 0.5) is 5.69 Å². The van der Waals surface area contributed by atoms with E-state index in [1.165, 1.54) is 6.07 Å². The van der Waals surface area contributed by atoms with E-state index in [4.69, 9.17) is 16.3 Å². The lowest BCUT2D eigenvalue weighted by Crippen LogP contribution is -2.34. The quantitative estimate of drug-likeness (QED) is 0.569. The lowest BCUT2D eigenvalue weighted by atomic mass is 10.1. The molecule has 4 rings (SSSR count). The number of halogens is 2. The van der Waals surface area contributed by atoms with E-state index in [0.717, 1.165) is 53.8 Å². The maximum Gasteiger partial charge on any atom is 0.271 e. The van der Waals surface area contributed by atoms with Crippen LogP contribution in [0.15, 0.2) is 52.7 Å². The van der Waals surface area contributed by atoms with Crippen molar-refractivity contribution in [2.24, 2.45) is 0 Å². The molecule has 1 fully saturated rings. The third-order valence-corrected chi connectivity index (χ3v) is 7.61. The average Bonchev–Trinajstić information content (AvgIpc) is 3.12. The molecule has 0 unspecified atom stereocenters. The molecule has 2 aromatic carbocycles. The maximum absolute atomic E-state index is 12.7. The summed E-state index contributed by atoms with van der Waals surface area (Å²) in [5, 5.41) is 5.02. The SMILES string of the molecule is Cl.O=S(=O)(Nc1ccc(OC2CCNCC2)c2ccccc12)c1ccc(Cl)s1. The molecule has 1 aliphatic rings. The third kappa shape index (κ3) is 4.55. The van der Waals surface area contributed by atoms with Crippen molar-refractivity contribution in [1.82, 2.24) is 5.32 Å². The van der Waals surface area contributed by atoms with E-state index >= 15 is 0 Å². The second kappa shape index (κ2) is 8.88. The molecule has 0 atom stereocenters. The number of ether oxygens (including phenoxy) is 1. The van der Waals surface area contributed by atoms with Crippen LogP contribution in [-0.4, -0.2) is 27.6 Å². The Morgan fingerprint density at radius 1 is 1.04 bits per heavy atom. The predicted molar refractivity (Wildman–Crippen MR) is 118 cm³/mol. The molecule has 3 aromatic rings. The van der Waals surface area contributed by atoms with Gasteiger partial charge in [-0.3, -0.25) is 4.72 Å². The highest BCUT2D eigenvalue weighted by molar-refractivity contribution is 7.94. The van der Waals surface area contributed by atoms with Gasteiger partial charge < -0.3 is 10.1 Å². The van der Waals surface area contributed by atoms with Gasteiger partial charge in [-0.25, -0.2) is 8.42 Å². The third-order valence-electron chi connectivity index (χ3n) is 4.52. The van der Waals surface area contributed by atoms with Crippen molar-refractivity contribution in [2.45, 2.75) is 23.2 Å². The summed E-state index contributed by atoms with van der Waals surface area (Å²) in [6.45, 7) is 1.90. The summed E-state index contributed by atoms with van der Waals surface area (Å²) in [5.41, 5.74) is 0.521.